The van der Waals surface area contributed by atoms with Crippen LogP contribution in [0.15, 0.2) is 29.6 Å². The molecule has 0 aliphatic carbocycles. The number of amides is 2. The summed E-state index contributed by atoms with van der Waals surface area (Å²) in [5, 5.41) is 8.08. The monoisotopic (exact) mass is 304 g/mol. The van der Waals surface area contributed by atoms with E-state index in [1.807, 2.05) is 36.6 Å². The number of nitrogens with one attached hydrogen (secondary N) is 2. The Morgan fingerprint density at radius 3 is 2.67 bits per heavy atom. The number of nitrogens with zero attached hydrogens (tertiary/aromatic N) is 1. The summed E-state index contributed by atoms with van der Waals surface area (Å²) in [6.07, 6.45) is 0. The molecule has 2 rings (SSSR count). The molecule has 1 unspecified atom stereocenters. The minimum atomic E-state index is -0.304. The number of benzene rings is 1. The number of thiazole rings is 1. The number of nitrogens with two attached hydrogens (primary N) is 1. The molecule has 4 N–H and O–H groups in total. The van der Waals surface area contributed by atoms with Gasteiger partial charge in [-0.15, -0.1) is 11.3 Å². The standard InChI is InChI=1S/C15H20N4OS/c1-9(2)13-8-21-15(18-13)19-14(20)17-12-6-4-5-11(7-12)10(3)16/h4-10H,16H2,1-3H3,(H2,17,18,19,20). The summed E-state index contributed by atoms with van der Waals surface area (Å²) in [7, 11) is 0. The highest BCUT2D eigenvalue weighted by Crippen LogP contribution is 2.22. The Morgan fingerprint density at radius 2 is 2.05 bits per heavy atom. The Hall–Kier alpha value is -1.92. The van der Waals surface area contributed by atoms with E-state index in [2.05, 4.69) is 29.5 Å². The third kappa shape index (κ3) is 4.27. The van der Waals surface area contributed by atoms with Gasteiger partial charge in [-0.3, -0.25) is 5.32 Å². The van der Waals surface area contributed by atoms with Gasteiger partial charge in [0.1, 0.15) is 0 Å². The van der Waals surface area contributed by atoms with Crippen molar-refractivity contribution in [1.82, 2.24) is 4.98 Å². The molecule has 6 heteroatoms. The molecule has 1 atom stereocenters. The van der Waals surface area contributed by atoms with Crippen LogP contribution in [0, 0.1) is 0 Å². The maximum Gasteiger partial charge on any atom is 0.325 e. The van der Waals surface area contributed by atoms with Gasteiger partial charge < -0.3 is 11.1 Å². The Kier molecular flexibility index (Phi) is 4.93. The molecule has 0 fully saturated rings. The molecule has 0 spiro atoms. The zero-order valence-corrected chi connectivity index (χ0v) is 13.2. The summed E-state index contributed by atoms with van der Waals surface area (Å²) in [5.41, 5.74) is 8.50. The predicted molar refractivity (Wildman–Crippen MR) is 87.9 cm³/mol. The van der Waals surface area contributed by atoms with Crippen molar-refractivity contribution in [2.75, 3.05) is 10.6 Å². The van der Waals surface area contributed by atoms with Crippen LogP contribution in [0.1, 0.15) is 44.0 Å². The first-order valence-electron chi connectivity index (χ1n) is 6.84. The van der Waals surface area contributed by atoms with Crippen molar-refractivity contribution in [3.63, 3.8) is 0 Å². The number of hydrogen-bond donors (Lipinski definition) is 3. The van der Waals surface area contributed by atoms with E-state index in [9.17, 15) is 4.79 Å². The van der Waals surface area contributed by atoms with E-state index in [0.717, 1.165) is 11.3 Å². The summed E-state index contributed by atoms with van der Waals surface area (Å²) >= 11 is 1.42. The number of carbonyl (C=O) groups is 1. The van der Waals surface area contributed by atoms with Gasteiger partial charge in [0.15, 0.2) is 5.13 Å². The van der Waals surface area contributed by atoms with E-state index >= 15 is 0 Å². The van der Waals surface area contributed by atoms with Crippen LogP contribution in [0.4, 0.5) is 15.6 Å². The fourth-order valence-corrected chi connectivity index (χ4v) is 2.63. The zero-order valence-electron chi connectivity index (χ0n) is 12.4. The fourth-order valence-electron chi connectivity index (χ4n) is 1.77. The van der Waals surface area contributed by atoms with Crippen LogP contribution in [-0.4, -0.2) is 11.0 Å². The van der Waals surface area contributed by atoms with Gasteiger partial charge in [-0.1, -0.05) is 26.0 Å². The van der Waals surface area contributed by atoms with E-state index in [4.69, 9.17) is 5.73 Å². The smallest absolute Gasteiger partial charge is 0.324 e. The molecule has 5 nitrogen and oxygen atoms in total. The number of anilines is 2. The van der Waals surface area contributed by atoms with Crippen molar-refractivity contribution in [2.45, 2.75) is 32.7 Å². The SMILES string of the molecule is CC(C)c1csc(NC(=O)Nc2cccc(C(C)N)c2)n1. The molecule has 21 heavy (non-hydrogen) atoms. The Morgan fingerprint density at radius 1 is 1.29 bits per heavy atom. The predicted octanol–water partition coefficient (Wildman–Crippen LogP) is 3.93. The third-order valence-electron chi connectivity index (χ3n) is 3.00. The lowest BCUT2D eigenvalue weighted by atomic mass is 10.1. The molecule has 0 aliphatic rings. The van der Waals surface area contributed by atoms with Crippen LogP contribution >= 0.6 is 11.3 Å². The van der Waals surface area contributed by atoms with Gasteiger partial charge in [-0.05, 0) is 30.5 Å². The van der Waals surface area contributed by atoms with Crippen molar-refractivity contribution in [1.29, 1.82) is 0 Å². The second-order valence-electron chi connectivity index (χ2n) is 5.23. The van der Waals surface area contributed by atoms with Crippen molar-refractivity contribution >= 4 is 28.2 Å². The summed E-state index contributed by atoms with van der Waals surface area (Å²) in [6, 6.07) is 7.13. The number of hydrogen-bond acceptors (Lipinski definition) is 4. The van der Waals surface area contributed by atoms with E-state index in [1.165, 1.54) is 11.3 Å². The summed E-state index contributed by atoms with van der Waals surface area (Å²) in [5.74, 6) is 0.350. The van der Waals surface area contributed by atoms with Gasteiger partial charge in [0.25, 0.3) is 0 Å². The molecule has 2 aromatic rings. The van der Waals surface area contributed by atoms with Gasteiger partial charge in [0.05, 0.1) is 5.69 Å². The van der Waals surface area contributed by atoms with Crippen LogP contribution in [0.2, 0.25) is 0 Å². The first-order chi connectivity index (χ1) is 9.95. The average Bonchev–Trinajstić information content (AvgIpc) is 2.87. The molecule has 1 aromatic heterocycles. The highest BCUT2D eigenvalue weighted by Gasteiger charge is 2.09. The van der Waals surface area contributed by atoms with E-state index in [1.54, 1.807) is 0 Å². The fraction of sp³-hybridized carbons (Fsp3) is 0.333. The summed E-state index contributed by atoms with van der Waals surface area (Å²) < 4.78 is 0. The van der Waals surface area contributed by atoms with Crippen molar-refractivity contribution in [3.8, 4) is 0 Å². The summed E-state index contributed by atoms with van der Waals surface area (Å²) in [6.45, 7) is 6.04. The first-order valence-corrected chi connectivity index (χ1v) is 7.72. The van der Waals surface area contributed by atoms with Gasteiger partial charge in [0, 0.05) is 17.1 Å². The van der Waals surface area contributed by atoms with Gasteiger partial charge in [-0.2, -0.15) is 0 Å². The zero-order chi connectivity index (χ0) is 15.4. The molecule has 1 heterocycles. The highest BCUT2D eigenvalue weighted by atomic mass is 32.1. The van der Waals surface area contributed by atoms with E-state index < -0.39 is 0 Å². The van der Waals surface area contributed by atoms with Crippen molar-refractivity contribution in [2.24, 2.45) is 5.73 Å². The third-order valence-corrected chi connectivity index (χ3v) is 3.78. The topological polar surface area (TPSA) is 80.0 Å². The molecular weight excluding hydrogens is 284 g/mol. The molecule has 2 amide bonds. The normalized spacial score (nSPS) is 12.2. The van der Waals surface area contributed by atoms with Gasteiger partial charge in [0.2, 0.25) is 0 Å². The molecular formula is C15H20N4OS. The minimum Gasteiger partial charge on any atom is -0.324 e. The molecule has 0 aliphatic heterocycles. The lowest BCUT2D eigenvalue weighted by Crippen LogP contribution is -2.19. The van der Waals surface area contributed by atoms with Crippen molar-refractivity contribution in [3.05, 3.63) is 40.9 Å². The minimum absolute atomic E-state index is 0.0672. The average molecular weight is 304 g/mol. The second-order valence-corrected chi connectivity index (χ2v) is 6.08. The largest absolute Gasteiger partial charge is 0.325 e. The van der Waals surface area contributed by atoms with Crippen LogP contribution in [-0.2, 0) is 0 Å². The number of urea groups is 1. The van der Waals surface area contributed by atoms with E-state index in [0.29, 0.717) is 16.7 Å². The quantitative estimate of drug-likeness (QED) is 0.800. The van der Waals surface area contributed by atoms with Crippen LogP contribution in [0.3, 0.4) is 0 Å². The summed E-state index contributed by atoms with van der Waals surface area (Å²) in [4.78, 5) is 16.3. The van der Waals surface area contributed by atoms with Crippen LogP contribution in [0.5, 0.6) is 0 Å². The number of aromatic nitrogens is 1. The highest BCUT2D eigenvalue weighted by molar-refractivity contribution is 7.13. The lowest BCUT2D eigenvalue weighted by molar-refractivity contribution is 0.262. The lowest BCUT2D eigenvalue weighted by Gasteiger charge is -2.09. The molecule has 0 saturated carbocycles. The molecule has 0 radical (unpaired) electrons. The maximum atomic E-state index is 12.0. The Balaban J connectivity index is 1.99. The van der Waals surface area contributed by atoms with Crippen LogP contribution in [0.25, 0.3) is 0 Å². The first kappa shape index (κ1) is 15.5. The Labute approximate surface area is 128 Å². The maximum absolute atomic E-state index is 12.0. The molecule has 1 aromatic carbocycles. The second kappa shape index (κ2) is 6.69. The molecule has 0 saturated heterocycles. The number of rotatable bonds is 4. The van der Waals surface area contributed by atoms with Crippen LogP contribution < -0.4 is 16.4 Å². The van der Waals surface area contributed by atoms with Crippen molar-refractivity contribution < 1.29 is 4.79 Å². The Bertz CT molecular complexity index is 622. The van der Waals surface area contributed by atoms with Gasteiger partial charge in [-0.25, -0.2) is 9.78 Å². The molecule has 112 valence electrons. The van der Waals surface area contributed by atoms with E-state index in [-0.39, 0.29) is 12.1 Å². The van der Waals surface area contributed by atoms with Gasteiger partial charge >= 0.3 is 6.03 Å². The number of carbonyl (C=O) groups excluding carboxylic acids is 1. The molecule has 0 bridgehead atoms.